The molecule has 0 unspecified atom stereocenters. The predicted octanol–water partition coefficient (Wildman–Crippen LogP) is 1.01. The van der Waals surface area contributed by atoms with Crippen molar-refractivity contribution in [2.45, 2.75) is 39.3 Å². The van der Waals surface area contributed by atoms with Gasteiger partial charge >= 0.3 is 5.97 Å². The van der Waals surface area contributed by atoms with Crippen LogP contribution in [0, 0.1) is 0 Å². The van der Waals surface area contributed by atoms with Crippen molar-refractivity contribution in [2.24, 2.45) is 0 Å². The van der Waals surface area contributed by atoms with E-state index < -0.39 is 5.60 Å². The molecule has 0 fully saturated rings. The second-order valence-corrected chi connectivity index (χ2v) is 4.00. The Bertz CT molecular complexity index is 288. The Morgan fingerprint density at radius 2 is 2.21 bits per heavy atom. The van der Waals surface area contributed by atoms with Gasteiger partial charge in [-0.3, -0.25) is 9.48 Å². The number of carbonyl (C=O) groups excluding carboxylic acids is 1. The zero-order chi connectivity index (χ0) is 10.6. The van der Waals surface area contributed by atoms with Gasteiger partial charge in [-0.05, 0) is 20.8 Å². The van der Waals surface area contributed by atoms with Crippen molar-refractivity contribution in [2.75, 3.05) is 0 Å². The Balaban J connectivity index is 2.29. The average Bonchev–Trinajstić information content (AvgIpc) is 2.49. The number of aromatic nitrogens is 3. The van der Waals surface area contributed by atoms with Gasteiger partial charge in [0.05, 0.1) is 19.2 Å². The van der Waals surface area contributed by atoms with Gasteiger partial charge in [-0.25, -0.2) is 0 Å². The quantitative estimate of drug-likeness (QED) is 0.678. The molecule has 0 aromatic carbocycles. The van der Waals surface area contributed by atoms with Crippen LogP contribution in [0.15, 0.2) is 12.4 Å². The van der Waals surface area contributed by atoms with Crippen molar-refractivity contribution in [1.29, 1.82) is 0 Å². The number of hydrogen-bond acceptors (Lipinski definition) is 4. The third-order valence-electron chi connectivity index (χ3n) is 1.44. The minimum absolute atomic E-state index is 0.215. The van der Waals surface area contributed by atoms with Crippen molar-refractivity contribution in [3.05, 3.63) is 12.4 Å². The summed E-state index contributed by atoms with van der Waals surface area (Å²) in [6.07, 6.45) is 3.61. The van der Waals surface area contributed by atoms with Crippen molar-refractivity contribution in [1.82, 2.24) is 15.0 Å². The molecule has 1 heterocycles. The molecule has 0 bridgehead atoms. The summed E-state index contributed by atoms with van der Waals surface area (Å²) in [6, 6.07) is 0. The molecular weight excluding hydrogens is 182 g/mol. The van der Waals surface area contributed by atoms with Crippen molar-refractivity contribution in [3.8, 4) is 0 Å². The summed E-state index contributed by atoms with van der Waals surface area (Å²) in [5, 5.41) is 7.38. The minimum Gasteiger partial charge on any atom is -0.460 e. The summed E-state index contributed by atoms with van der Waals surface area (Å²) in [6.45, 7) is 6.05. The van der Waals surface area contributed by atoms with E-state index in [0.717, 1.165) is 0 Å². The Morgan fingerprint density at radius 3 is 2.71 bits per heavy atom. The molecular formula is C9H15N3O2. The van der Waals surface area contributed by atoms with E-state index in [2.05, 4.69) is 10.3 Å². The van der Waals surface area contributed by atoms with Gasteiger partial charge in [0, 0.05) is 6.20 Å². The van der Waals surface area contributed by atoms with Crippen LogP contribution in [-0.2, 0) is 16.1 Å². The van der Waals surface area contributed by atoms with Gasteiger partial charge in [0.25, 0.3) is 0 Å². The third-order valence-corrected chi connectivity index (χ3v) is 1.44. The first-order chi connectivity index (χ1) is 6.47. The summed E-state index contributed by atoms with van der Waals surface area (Å²) in [7, 11) is 0. The van der Waals surface area contributed by atoms with Crippen LogP contribution < -0.4 is 0 Å². The Kier molecular flexibility index (Phi) is 3.22. The molecule has 1 aromatic heterocycles. The Labute approximate surface area is 83.1 Å². The van der Waals surface area contributed by atoms with Gasteiger partial charge in [-0.15, -0.1) is 5.10 Å². The standard InChI is InChI=1S/C9H15N3O2/c1-9(2,3)14-8(13)4-6-12-7-5-10-11-12/h5,7H,4,6H2,1-3H3. The fraction of sp³-hybridized carbons (Fsp3) is 0.667. The first kappa shape index (κ1) is 10.7. The molecule has 0 aliphatic carbocycles. The largest absolute Gasteiger partial charge is 0.460 e. The van der Waals surface area contributed by atoms with Gasteiger partial charge in [-0.1, -0.05) is 5.21 Å². The van der Waals surface area contributed by atoms with E-state index in [0.29, 0.717) is 13.0 Å². The molecule has 0 atom stereocenters. The molecule has 0 saturated carbocycles. The molecule has 1 aromatic rings. The van der Waals surface area contributed by atoms with Crippen LogP contribution >= 0.6 is 0 Å². The third kappa shape index (κ3) is 4.02. The number of ether oxygens (including phenoxy) is 1. The molecule has 78 valence electrons. The summed E-state index contributed by atoms with van der Waals surface area (Å²) >= 11 is 0. The monoisotopic (exact) mass is 197 g/mol. The van der Waals surface area contributed by atoms with E-state index in [-0.39, 0.29) is 5.97 Å². The van der Waals surface area contributed by atoms with E-state index in [1.165, 1.54) is 0 Å². The molecule has 0 aliphatic heterocycles. The normalized spacial score (nSPS) is 11.4. The van der Waals surface area contributed by atoms with Gasteiger partial charge in [0.15, 0.2) is 0 Å². The number of aryl methyl sites for hydroxylation is 1. The lowest BCUT2D eigenvalue weighted by molar-refractivity contribution is -0.155. The Morgan fingerprint density at radius 1 is 1.50 bits per heavy atom. The fourth-order valence-corrected chi connectivity index (χ4v) is 0.950. The SMILES string of the molecule is CC(C)(C)OC(=O)CCn1ccnn1. The highest BCUT2D eigenvalue weighted by Crippen LogP contribution is 2.08. The highest BCUT2D eigenvalue weighted by atomic mass is 16.6. The van der Waals surface area contributed by atoms with E-state index in [1.54, 1.807) is 17.1 Å². The summed E-state index contributed by atoms with van der Waals surface area (Å²) < 4.78 is 6.74. The topological polar surface area (TPSA) is 57.0 Å². The number of hydrogen-bond donors (Lipinski definition) is 0. The first-order valence-corrected chi connectivity index (χ1v) is 4.53. The van der Waals surface area contributed by atoms with Crippen molar-refractivity contribution in [3.63, 3.8) is 0 Å². The highest BCUT2D eigenvalue weighted by Gasteiger charge is 2.15. The van der Waals surface area contributed by atoms with E-state index >= 15 is 0 Å². The number of esters is 1. The molecule has 0 amide bonds. The lowest BCUT2D eigenvalue weighted by Crippen LogP contribution is -2.24. The lowest BCUT2D eigenvalue weighted by Gasteiger charge is -2.19. The molecule has 14 heavy (non-hydrogen) atoms. The van der Waals surface area contributed by atoms with E-state index in [9.17, 15) is 4.79 Å². The van der Waals surface area contributed by atoms with Crippen LogP contribution in [-0.4, -0.2) is 26.6 Å². The Hall–Kier alpha value is -1.39. The zero-order valence-corrected chi connectivity index (χ0v) is 8.73. The van der Waals surface area contributed by atoms with Crippen molar-refractivity contribution >= 4 is 5.97 Å². The number of rotatable bonds is 3. The van der Waals surface area contributed by atoms with Gasteiger partial charge in [0.2, 0.25) is 0 Å². The molecule has 5 heteroatoms. The van der Waals surface area contributed by atoms with Gasteiger partial charge in [0.1, 0.15) is 5.60 Å². The summed E-state index contributed by atoms with van der Waals surface area (Å²) in [5.41, 5.74) is -0.417. The van der Waals surface area contributed by atoms with Crippen LogP contribution in [0.2, 0.25) is 0 Å². The smallest absolute Gasteiger partial charge is 0.308 e. The van der Waals surface area contributed by atoms with Crippen LogP contribution in [0.4, 0.5) is 0 Å². The maximum Gasteiger partial charge on any atom is 0.308 e. The lowest BCUT2D eigenvalue weighted by atomic mass is 10.2. The van der Waals surface area contributed by atoms with Gasteiger partial charge in [-0.2, -0.15) is 0 Å². The van der Waals surface area contributed by atoms with Crippen LogP contribution in [0.25, 0.3) is 0 Å². The molecule has 0 radical (unpaired) electrons. The molecule has 0 saturated heterocycles. The molecule has 0 N–H and O–H groups in total. The van der Waals surface area contributed by atoms with Gasteiger partial charge < -0.3 is 4.74 Å². The average molecular weight is 197 g/mol. The summed E-state index contributed by atoms with van der Waals surface area (Å²) in [5.74, 6) is -0.215. The molecule has 5 nitrogen and oxygen atoms in total. The molecule has 1 rings (SSSR count). The van der Waals surface area contributed by atoms with Crippen LogP contribution in [0.5, 0.6) is 0 Å². The fourth-order valence-electron chi connectivity index (χ4n) is 0.950. The summed E-state index contributed by atoms with van der Waals surface area (Å²) in [4.78, 5) is 11.3. The number of nitrogens with zero attached hydrogens (tertiary/aromatic N) is 3. The maximum atomic E-state index is 11.3. The maximum absolute atomic E-state index is 11.3. The van der Waals surface area contributed by atoms with Crippen molar-refractivity contribution < 1.29 is 9.53 Å². The van der Waals surface area contributed by atoms with E-state index in [1.807, 2.05) is 20.8 Å². The van der Waals surface area contributed by atoms with E-state index in [4.69, 9.17) is 4.74 Å². The molecule has 0 aliphatic rings. The first-order valence-electron chi connectivity index (χ1n) is 4.53. The van der Waals surface area contributed by atoms with Crippen LogP contribution in [0.3, 0.4) is 0 Å². The molecule has 0 spiro atoms. The zero-order valence-electron chi connectivity index (χ0n) is 8.73. The minimum atomic E-state index is -0.417. The highest BCUT2D eigenvalue weighted by molar-refractivity contribution is 5.69. The second kappa shape index (κ2) is 4.21. The van der Waals surface area contributed by atoms with Crippen LogP contribution in [0.1, 0.15) is 27.2 Å². The number of carbonyl (C=O) groups is 1. The predicted molar refractivity (Wildman–Crippen MR) is 50.5 cm³/mol. The second-order valence-electron chi connectivity index (χ2n) is 4.00.